The van der Waals surface area contributed by atoms with Crippen LogP contribution in [0.4, 0.5) is 0 Å². The summed E-state index contributed by atoms with van der Waals surface area (Å²) in [6, 6.07) is 0. The van der Waals surface area contributed by atoms with Crippen LogP contribution >= 0.6 is 0 Å². The van der Waals surface area contributed by atoms with Crippen molar-refractivity contribution in [2.45, 2.75) is 13.3 Å². The maximum Gasteiger partial charge on any atom is 0.143 e. The average molecular weight is 150 g/mol. The molecule has 0 aromatic carbocycles. The van der Waals surface area contributed by atoms with Crippen LogP contribution in [0.15, 0.2) is 0 Å². The molecule has 0 aromatic rings. The Bertz CT molecular complexity index is 66.8. The number of hydrogen-bond donors (Lipinski definition) is 2. The van der Waals surface area contributed by atoms with E-state index in [9.17, 15) is 0 Å². The van der Waals surface area contributed by atoms with Gasteiger partial charge >= 0.3 is 0 Å². The van der Waals surface area contributed by atoms with Crippen LogP contribution < -0.4 is 0 Å². The fourth-order valence-electron chi connectivity index (χ4n) is 0.560. The van der Waals surface area contributed by atoms with Crippen LogP contribution in [0.2, 0.25) is 0 Å². The van der Waals surface area contributed by atoms with E-state index in [-0.39, 0.29) is 12.7 Å². The number of aliphatic hydroxyl groups excluding tert-OH is 1. The van der Waals surface area contributed by atoms with Gasteiger partial charge in [0, 0.05) is 6.61 Å². The van der Waals surface area contributed by atoms with E-state index in [4.69, 9.17) is 10.4 Å². The molecule has 62 valence electrons. The summed E-state index contributed by atoms with van der Waals surface area (Å²) < 4.78 is 4.67. The number of aliphatic hydroxyl groups is 1. The Morgan fingerprint density at radius 3 is 2.70 bits per heavy atom. The van der Waals surface area contributed by atoms with E-state index in [1.54, 1.807) is 0 Å². The molecular formula is C6H14O4. The van der Waals surface area contributed by atoms with E-state index in [0.29, 0.717) is 13.2 Å². The maximum absolute atomic E-state index is 8.21. The van der Waals surface area contributed by atoms with Gasteiger partial charge in [-0.05, 0) is 12.3 Å². The second-order valence-corrected chi connectivity index (χ2v) is 2.23. The van der Waals surface area contributed by atoms with Crippen LogP contribution in [0.5, 0.6) is 0 Å². The summed E-state index contributed by atoms with van der Waals surface area (Å²) in [5, 5.41) is 16.2. The summed E-state index contributed by atoms with van der Waals surface area (Å²) in [5.41, 5.74) is 0. The summed E-state index contributed by atoms with van der Waals surface area (Å²) >= 11 is 0. The minimum absolute atomic E-state index is 0.243. The fraction of sp³-hybridized carbons (Fsp3) is 1.00. The molecule has 0 radical (unpaired) electrons. The Balaban J connectivity index is 2.97. The highest BCUT2D eigenvalue weighted by molar-refractivity contribution is 4.48. The summed E-state index contributed by atoms with van der Waals surface area (Å²) in [5.74, 6) is 0.261. The molecule has 4 heteroatoms. The van der Waals surface area contributed by atoms with Gasteiger partial charge in [-0.1, -0.05) is 6.92 Å². The smallest absolute Gasteiger partial charge is 0.143 e. The summed E-state index contributed by atoms with van der Waals surface area (Å²) in [7, 11) is 0. The minimum atomic E-state index is -0.243. The predicted octanol–water partition coefficient (Wildman–Crippen LogP) is 0.469. The highest BCUT2D eigenvalue weighted by Crippen LogP contribution is 2.00. The molecule has 4 nitrogen and oxygen atoms in total. The van der Waals surface area contributed by atoms with Gasteiger partial charge in [-0.15, -0.1) is 0 Å². The minimum Gasteiger partial charge on any atom is -0.371 e. The molecule has 1 atom stereocenters. The molecule has 1 unspecified atom stereocenters. The highest BCUT2D eigenvalue weighted by Gasteiger charge is 2.00. The van der Waals surface area contributed by atoms with E-state index in [2.05, 4.69) is 9.62 Å². The fourth-order valence-corrected chi connectivity index (χ4v) is 0.560. The highest BCUT2D eigenvalue weighted by atomic mass is 17.1. The molecule has 0 aromatic heterocycles. The molecule has 0 heterocycles. The predicted molar refractivity (Wildman–Crippen MR) is 35.4 cm³/mol. The lowest BCUT2D eigenvalue weighted by Crippen LogP contribution is -2.07. The lowest BCUT2D eigenvalue weighted by Gasteiger charge is -2.07. The lowest BCUT2D eigenvalue weighted by molar-refractivity contribution is -0.250. The van der Waals surface area contributed by atoms with Crippen LogP contribution in [-0.4, -0.2) is 30.4 Å². The maximum atomic E-state index is 8.21. The number of hydrogen-bond acceptors (Lipinski definition) is 4. The topological polar surface area (TPSA) is 58.9 Å². The summed E-state index contributed by atoms with van der Waals surface area (Å²) in [4.78, 5) is 3.92. The molecule has 0 aliphatic rings. The van der Waals surface area contributed by atoms with Gasteiger partial charge in [-0.25, -0.2) is 4.89 Å². The van der Waals surface area contributed by atoms with Crippen molar-refractivity contribution in [3.8, 4) is 0 Å². The zero-order valence-electron chi connectivity index (χ0n) is 6.12. The van der Waals surface area contributed by atoms with Gasteiger partial charge < -0.3 is 9.84 Å². The van der Waals surface area contributed by atoms with Gasteiger partial charge in [0.15, 0.2) is 0 Å². The standard InChI is InChI=1S/C6H14O4/c1-6(4-10-8)2-3-9-5-7/h6-8H,2-5H2,1H3. The molecule has 0 saturated heterocycles. The molecule has 10 heavy (non-hydrogen) atoms. The van der Waals surface area contributed by atoms with Gasteiger partial charge in [0.25, 0.3) is 0 Å². The van der Waals surface area contributed by atoms with Crippen molar-refractivity contribution in [3.63, 3.8) is 0 Å². The monoisotopic (exact) mass is 150 g/mol. The first-order valence-electron chi connectivity index (χ1n) is 3.26. The van der Waals surface area contributed by atoms with Crippen LogP contribution in [0.3, 0.4) is 0 Å². The Kier molecular flexibility index (Phi) is 6.84. The third kappa shape index (κ3) is 5.97. The third-order valence-corrected chi connectivity index (χ3v) is 1.21. The number of ether oxygens (including phenoxy) is 1. The van der Waals surface area contributed by atoms with Crippen LogP contribution in [0.25, 0.3) is 0 Å². The molecule has 2 N–H and O–H groups in total. The average Bonchev–Trinajstić information content (AvgIpc) is 1.89. The van der Waals surface area contributed by atoms with Gasteiger partial charge in [-0.2, -0.15) is 0 Å². The van der Waals surface area contributed by atoms with E-state index < -0.39 is 0 Å². The largest absolute Gasteiger partial charge is 0.371 e. The first-order chi connectivity index (χ1) is 4.81. The van der Waals surface area contributed by atoms with Gasteiger partial charge in [0.05, 0.1) is 6.61 Å². The van der Waals surface area contributed by atoms with Crippen molar-refractivity contribution in [1.82, 2.24) is 0 Å². The van der Waals surface area contributed by atoms with E-state index >= 15 is 0 Å². The van der Waals surface area contributed by atoms with Crippen LogP contribution in [0.1, 0.15) is 13.3 Å². The molecule has 0 spiro atoms. The van der Waals surface area contributed by atoms with Crippen molar-refractivity contribution >= 4 is 0 Å². The van der Waals surface area contributed by atoms with Gasteiger partial charge in [0.2, 0.25) is 0 Å². The molecule has 0 saturated carbocycles. The Morgan fingerprint density at radius 1 is 1.50 bits per heavy atom. The first-order valence-corrected chi connectivity index (χ1v) is 3.26. The van der Waals surface area contributed by atoms with E-state index in [1.807, 2.05) is 6.92 Å². The van der Waals surface area contributed by atoms with Crippen LogP contribution in [-0.2, 0) is 9.62 Å². The Morgan fingerprint density at radius 2 is 2.20 bits per heavy atom. The van der Waals surface area contributed by atoms with Crippen molar-refractivity contribution in [1.29, 1.82) is 0 Å². The molecule has 0 fully saturated rings. The van der Waals surface area contributed by atoms with Crippen molar-refractivity contribution in [2.75, 3.05) is 20.0 Å². The quantitative estimate of drug-likeness (QED) is 0.250. The van der Waals surface area contributed by atoms with Crippen LogP contribution in [0, 0.1) is 5.92 Å². The third-order valence-electron chi connectivity index (χ3n) is 1.21. The van der Waals surface area contributed by atoms with Crippen molar-refractivity contribution in [3.05, 3.63) is 0 Å². The van der Waals surface area contributed by atoms with E-state index in [1.165, 1.54) is 0 Å². The Labute approximate surface area is 60.3 Å². The Hall–Kier alpha value is -0.160. The first kappa shape index (κ1) is 9.84. The van der Waals surface area contributed by atoms with Crippen molar-refractivity contribution in [2.24, 2.45) is 5.92 Å². The zero-order chi connectivity index (χ0) is 7.82. The molecule has 0 bridgehead atoms. The summed E-state index contributed by atoms with van der Waals surface area (Å²) in [6.07, 6.45) is 0.779. The second kappa shape index (κ2) is 6.95. The van der Waals surface area contributed by atoms with Gasteiger partial charge in [-0.3, -0.25) is 5.26 Å². The zero-order valence-corrected chi connectivity index (χ0v) is 6.12. The normalized spacial score (nSPS) is 13.5. The second-order valence-electron chi connectivity index (χ2n) is 2.23. The lowest BCUT2D eigenvalue weighted by atomic mass is 10.1. The number of rotatable bonds is 6. The van der Waals surface area contributed by atoms with Gasteiger partial charge in [0.1, 0.15) is 6.79 Å². The molecular weight excluding hydrogens is 136 g/mol. The van der Waals surface area contributed by atoms with E-state index in [0.717, 1.165) is 6.42 Å². The summed E-state index contributed by atoms with van der Waals surface area (Å²) in [6.45, 7) is 2.50. The molecule has 0 rings (SSSR count). The molecule has 0 amide bonds. The molecule has 0 aliphatic carbocycles. The van der Waals surface area contributed by atoms with Crippen molar-refractivity contribution < 1.29 is 20.0 Å². The molecule has 0 aliphatic heterocycles. The SMILES string of the molecule is CC(CCOCO)COO.